The van der Waals surface area contributed by atoms with Crippen LogP contribution >= 0.6 is 0 Å². The average Bonchev–Trinajstić information content (AvgIpc) is 2.61. The molecule has 9 heteroatoms. The first-order valence-electron chi connectivity index (χ1n) is 7.97. The molecular formula is C16H18F3N5O. The highest BCUT2D eigenvalue weighted by atomic mass is 19.4. The van der Waals surface area contributed by atoms with E-state index in [-0.39, 0.29) is 11.4 Å². The van der Waals surface area contributed by atoms with Crippen LogP contribution < -0.4 is 10.5 Å². The van der Waals surface area contributed by atoms with Crippen molar-refractivity contribution in [3.8, 4) is 0 Å². The first-order valence-corrected chi connectivity index (χ1v) is 7.97. The third kappa shape index (κ3) is 4.16. The first-order chi connectivity index (χ1) is 11.9. The van der Waals surface area contributed by atoms with E-state index in [1.165, 1.54) is 23.0 Å². The van der Waals surface area contributed by atoms with Crippen molar-refractivity contribution >= 4 is 5.82 Å². The summed E-state index contributed by atoms with van der Waals surface area (Å²) in [6, 6.07) is 5.39. The second kappa shape index (κ2) is 7.22. The minimum atomic E-state index is -4.42. The van der Waals surface area contributed by atoms with E-state index in [9.17, 15) is 18.0 Å². The van der Waals surface area contributed by atoms with Gasteiger partial charge in [-0.3, -0.25) is 9.69 Å². The SMILES string of the molecule is O=c1cccnn1CCN1CCN(c2ncccc2C(F)(F)F)CC1. The Morgan fingerprint density at radius 3 is 2.40 bits per heavy atom. The Balaban J connectivity index is 1.59. The second-order valence-electron chi connectivity index (χ2n) is 5.79. The van der Waals surface area contributed by atoms with E-state index in [1.54, 1.807) is 17.2 Å². The zero-order chi connectivity index (χ0) is 17.9. The van der Waals surface area contributed by atoms with Gasteiger partial charge in [0, 0.05) is 51.2 Å². The lowest BCUT2D eigenvalue weighted by atomic mass is 10.2. The number of halogens is 3. The normalized spacial score (nSPS) is 16.2. The third-order valence-electron chi connectivity index (χ3n) is 4.18. The molecule has 0 unspecified atom stereocenters. The Kier molecular flexibility index (Phi) is 5.03. The van der Waals surface area contributed by atoms with E-state index in [0.717, 1.165) is 6.07 Å². The lowest BCUT2D eigenvalue weighted by Gasteiger charge is -2.36. The minimum Gasteiger partial charge on any atom is -0.354 e. The van der Waals surface area contributed by atoms with E-state index in [4.69, 9.17) is 0 Å². The molecule has 0 amide bonds. The number of hydrogen-bond acceptors (Lipinski definition) is 5. The molecular weight excluding hydrogens is 335 g/mol. The summed E-state index contributed by atoms with van der Waals surface area (Å²) < 4.78 is 40.7. The lowest BCUT2D eigenvalue weighted by Crippen LogP contribution is -2.48. The highest BCUT2D eigenvalue weighted by Crippen LogP contribution is 2.35. The molecule has 1 saturated heterocycles. The molecule has 2 aromatic rings. The maximum atomic E-state index is 13.1. The van der Waals surface area contributed by atoms with Crippen molar-refractivity contribution in [1.82, 2.24) is 19.7 Å². The molecule has 0 atom stereocenters. The number of piperazine rings is 1. The van der Waals surface area contributed by atoms with Gasteiger partial charge in [-0.05, 0) is 18.2 Å². The molecule has 25 heavy (non-hydrogen) atoms. The van der Waals surface area contributed by atoms with Crippen LogP contribution in [0.1, 0.15) is 5.56 Å². The Morgan fingerprint density at radius 1 is 1.00 bits per heavy atom. The van der Waals surface area contributed by atoms with E-state index < -0.39 is 11.7 Å². The molecule has 0 aliphatic carbocycles. The van der Waals surface area contributed by atoms with Gasteiger partial charge in [-0.1, -0.05) is 0 Å². The summed E-state index contributed by atoms with van der Waals surface area (Å²) in [5, 5.41) is 4.00. The fourth-order valence-electron chi connectivity index (χ4n) is 2.84. The van der Waals surface area contributed by atoms with E-state index in [2.05, 4.69) is 15.0 Å². The summed E-state index contributed by atoms with van der Waals surface area (Å²) in [7, 11) is 0. The molecule has 0 saturated carbocycles. The quantitative estimate of drug-likeness (QED) is 0.833. The fraction of sp³-hybridized carbons (Fsp3) is 0.438. The summed E-state index contributed by atoms with van der Waals surface area (Å²) in [4.78, 5) is 19.3. The molecule has 3 heterocycles. The molecule has 0 spiro atoms. The molecule has 134 valence electrons. The Morgan fingerprint density at radius 2 is 1.72 bits per heavy atom. The number of anilines is 1. The summed E-state index contributed by atoms with van der Waals surface area (Å²) in [6.45, 7) is 3.20. The molecule has 0 radical (unpaired) electrons. The van der Waals surface area contributed by atoms with Crippen molar-refractivity contribution in [2.24, 2.45) is 0 Å². The monoisotopic (exact) mass is 353 g/mol. The standard InChI is InChI=1S/C16H18F3N5O/c17-16(18,19)13-3-1-5-20-15(13)23-10-7-22(8-11-23)9-12-24-14(25)4-2-6-21-24/h1-6H,7-12H2. The highest BCUT2D eigenvalue weighted by molar-refractivity contribution is 5.48. The highest BCUT2D eigenvalue weighted by Gasteiger charge is 2.36. The van der Waals surface area contributed by atoms with Crippen LogP contribution in [0.2, 0.25) is 0 Å². The molecule has 1 fully saturated rings. The molecule has 0 aromatic carbocycles. The summed E-state index contributed by atoms with van der Waals surface area (Å²) in [5.41, 5.74) is -0.868. The fourth-order valence-corrected chi connectivity index (χ4v) is 2.84. The number of nitrogens with zero attached hydrogens (tertiary/aromatic N) is 5. The van der Waals surface area contributed by atoms with Crippen molar-refractivity contribution in [2.45, 2.75) is 12.7 Å². The van der Waals surface area contributed by atoms with Gasteiger partial charge in [0.2, 0.25) is 0 Å². The average molecular weight is 353 g/mol. The topological polar surface area (TPSA) is 54.3 Å². The molecule has 1 aliphatic heterocycles. The Labute approximate surface area is 142 Å². The van der Waals surface area contributed by atoms with Crippen LogP contribution in [0.4, 0.5) is 19.0 Å². The van der Waals surface area contributed by atoms with Crippen LogP contribution in [-0.4, -0.2) is 52.4 Å². The van der Waals surface area contributed by atoms with Crippen LogP contribution in [0.3, 0.4) is 0 Å². The summed E-state index contributed by atoms with van der Waals surface area (Å²) >= 11 is 0. The molecule has 0 N–H and O–H groups in total. The number of rotatable bonds is 4. The van der Waals surface area contributed by atoms with Gasteiger partial charge in [0.25, 0.3) is 5.56 Å². The van der Waals surface area contributed by atoms with Gasteiger partial charge in [0.1, 0.15) is 5.82 Å². The third-order valence-corrected chi connectivity index (χ3v) is 4.18. The van der Waals surface area contributed by atoms with Crippen molar-refractivity contribution in [2.75, 3.05) is 37.6 Å². The van der Waals surface area contributed by atoms with E-state index in [1.807, 2.05) is 0 Å². The predicted octanol–water partition coefficient (Wildman–Crippen LogP) is 1.48. The zero-order valence-electron chi connectivity index (χ0n) is 13.5. The van der Waals surface area contributed by atoms with Crippen LogP contribution in [-0.2, 0) is 12.7 Å². The van der Waals surface area contributed by atoms with Gasteiger partial charge in [-0.2, -0.15) is 18.3 Å². The van der Waals surface area contributed by atoms with Gasteiger partial charge in [0.15, 0.2) is 0 Å². The molecule has 2 aromatic heterocycles. The van der Waals surface area contributed by atoms with Gasteiger partial charge < -0.3 is 4.90 Å². The summed E-state index contributed by atoms with van der Waals surface area (Å²) in [6.07, 6.45) is -1.48. The minimum absolute atomic E-state index is 0.0180. The number of pyridine rings is 1. The second-order valence-corrected chi connectivity index (χ2v) is 5.79. The number of aromatic nitrogens is 3. The van der Waals surface area contributed by atoms with Crippen molar-refractivity contribution in [3.05, 3.63) is 52.6 Å². The predicted molar refractivity (Wildman–Crippen MR) is 86.4 cm³/mol. The molecule has 0 bridgehead atoms. The first kappa shape index (κ1) is 17.4. The number of hydrogen-bond donors (Lipinski definition) is 0. The van der Waals surface area contributed by atoms with E-state index in [0.29, 0.717) is 39.3 Å². The molecule has 6 nitrogen and oxygen atoms in total. The van der Waals surface area contributed by atoms with Crippen LogP contribution in [0.15, 0.2) is 41.5 Å². The van der Waals surface area contributed by atoms with Crippen LogP contribution in [0, 0.1) is 0 Å². The lowest BCUT2D eigenvalue weighted by molar-refractivity contribution is -0.137. The Bertz CT molecular complexity index is 769. The van der Waals surface area contributed by atoms with Gasteiger partial charge >= 0.3 is 6.18 Å². The van der Waals surface area contributed by atoms with Crippen molar-refractivity contribution in [1.29, 1.82) is 0 Å². The largest absolute Gasteiger partial charge is 0.419 e. The van der Waals surface area contributed by atoms with E-state index >= 15 is 0 Å². The number of alkyl halides is 3. The van der Waals surface area contributed by atoms with Gasteiger partial charge in [0.05, 0.1) is 12.1 Å². The van der Waals surface area contributed by atoms with Gasteiger partial charge in [-0.25, -0.2) is 9.67 Å². The molecule has 3 rings (SSSR count). The molecule has 1 aliphatic rings. The van der Waals surface area contributed by atoms with Gasteiger partial charge in [-0.15, -0.1) is 0 Å². The van der Waals surface area contributed by atoms with Crippen molar-refractivity contribution in [3.63, 3.8) is 0 Å². The smallest absolute Gasteiger partial charge is 0.354 e. The van der Waals surface area contributed by atoms with Crippen LogP contribution in [0.5, 0.6) is 0 Å². The maximum absolute atomic E-state index is 13.1. The summed E-state index contributed by atoms with van der Waals surface area (Å²) in [5.74, 6) is -0.0180. The maximum Gasteiger partial charge on any atom is 0.419 e. The Hall–Kier alpha value is -2.42. The van der Waals surface area contributed by atoms with Crippen LogP contribution in [0.25, 0.3) is 0 Å². The van der Waals surface area contributed by atoms with Crippen molar-refractivity contribution < 1.29 is 13.2 Å². The zero-order valence-corrected chi connectivity index (χ0v) is 13.5.